The normalized spacial score (nSPS) is 19.8. The summed E-state index contributed by atoms with van der Waals surface area (Å²) in [6, 6.07) is 13.0. The summed E-state index contributed by atoms with van der Waals surface area (Å²) in [6.07, 6.45) is 16.9. The highest BCUT2D eigenvalue weighted by atomic mass is 32.2. The second-order valence-electron chi connectivity index (χ2n) is 15.5. The molecule has 1 saturated heterocycles. The first-order valence-corrected chi connectivity index (χ1v) is 20.2. The fraction of sp³-hybridized carbons (Fsp3) is 0.500. The SMILES string of the molecule is COc1ccc2c(c1)C=C(c1c(C(=O)N3CCCC(N(C)C)C3)cnn1C)Cn1c-2c(C2CCCCC2)c2ccc(C(=O)NSC3CCCC3)cc21. The van der Waals surface area contributed by atoms with E-state index in [0.717, 1.165) is 78.7 Å². The van der Waals surface area contributed by atoms with Crippen molar-refractivity contribution in [3.05, 3.63) is 70.5 Å². The lowest BCUT2D eigenvalue weighted by atomic mass is 9.81. The Morgan fingerprint density at radius 3 is 2.50 bits per heavy atom. The Kier molecular flexibility index (Phi) is 9.96. The second-order valence-corrected chi connectivity index (χ2v) is 16.6. The van der Waals surface area contributed by atoms with Gasteiger partial charge in [0.15, 0.2) is 0 Å². The number of hydrogen-bond donors (Lipinski definition) is 1. The summed E-state index contributed by atoms with van der Waals surface area (Å²) in [5, 5.41) is 6.41. The van der Waals surface area contributed by atoms with Gasteiger partial charge in [0.2, 0.25) is 0 Å². The standard InChI is InChI=1S/C42H52N6O3S/c1-45(2)31-13-10-20-47(26-31)42(50)36-24-43-46(3)39(36)30-21-29-22-32(51-4)17-19-34(29)40-38(27-11-6-5-7-12-27)35-18-16-28(23-37(35)48(40)25-30)41(49)44-52-33-14-8-9-15-33/h16-19,21-24,27,31,33H,5-15,20,25-26H2,1-4H3,(H,44,49). The van der Waals surface area contributed by atoms with Crippen LogP contribution in [0, 0.1) is 0 Å². The quantitative estimate of drug-likeness (QED) is 0.185. The van der Waals surface area contributed by atoms with Gasteiger partial charge in [0.05, 0.1) is 36.8 Å². The van der Waals surface area contributed by atoms with Crippen LogP contribution < -0.4 is 9.46 Å². The fourth-order valence-corrected chi connectivity index (χ4v) is 10.2. The Bertz CT molecular complexity index is 2010. The average Bonchev–Trinajstić information content (AvgIpc) is 3.89. The molecule has 2 aromatic carbocycles. The highest BCUT2D eigenvalue weighted by Crippen LogP contribution is 2.48. The maximum absolute atomic E-state index is 14.4. The number of carbonyl (C=O) groups excluding carboxylic acids is 2. The van der Waals surface area contributed by atoms with Crippen LogP contribution in [0.4, 0.5) is 0 Å². The van der Waals surface area contributed by atoms with Gasteiger partial charge in [-0.1, -0.05) is 38.2 Å². The molecule has 10 heteroatoms. The van der Waals surface area contributed by atoms with Crippen LogP contribution in [0.15, 0.2) is 42.6 Å². The zero-order valence-electron chi connectivity index (χ0n) is 31.1. The third kappa shape index (κ3) is 6.57. The molecular formula is C42H52N6O3S. The van der Waals surface area contributed by atoms with Gasteiger partial charge in [-0.15, -0.1) is 0 Å². The van der Waals surface area contributed by atoms with Gasteiger partial charge in [-0.05, 0) is 124 Å². The van der Waals surface area contributed by atoms with E-state index in [9.17, 15) is 9.59 Å². The second kappa shape index (κ2) is 14.8. The predicted octanol–water partition coefficient (Wildman–Crippen LogP) is 8.14. The first-order chi connectivity index (χ1) is 25.3. The van der Waals surface area contributed by atoms with Crippen LogP contribution in [0.1, 0.15) is 114 Å². The van der Waals surface area contributed by atoms with Crippen molar-refractivity contribution in [2.75, 3.05) is 34.3 Å². The molecule has 2 aromatic heterocycles. The number of carbonyl (C=O) groups is 2. The molecule has 2 amide bonds. The minimum atomic E-state index is -0.0415. The number of likely N-dealkylation sites (N-methyl/N-ethyl adjacent to an activating group) is 1. The van der Waals surface area contributed by atoms with Gasteiger partial charge in [0, 0.05) is 53.5 Å². The number of aromatic nitrogens is 3. The summed E-state index contributed by atoms with van der Waals surface area (Å²) in [4.78, 5) is 32.3. The molecule has 9 nitrogen and oxygen atoms in total. The number of benzene rings is 2. The van der Waals surface area contributed by atoms with Gasteiger partial charge >= 0.3 is 0 Å². The van der Waals surface area contributed by atoms with Crippen LogP contribution in [0.2, 0.25) is 0 Å². The molecule has 0 bridgehead atoms. The number of likely N-dealkylation sites (tertiary alicyclic amines) is 1. The van der Waals surface area contributed by atoms with Crippen molar-refractivity contribution in [2.24, 2.45) is 7.05 Å². The van der Waals surface area contributed by atoms with E-state index in [1.807, 2.05) is 22.7 Å². The van der Waals surface area contributed by atoms with Gasteiger partial charge in [-0.25, -0.2) is 0 Å². The Morgan fingerprint density at radius 1 is 0.942 bits per heavy atom. The van der Waals surface area contributed by atoms with Crippen molar-refractivity contribution in [1.82, 2.24) is 28.9 Å². The molecule has 274 valence electrons. The Labute approximate surface area is 311 Å². The number of ether oxygens (including phenoxy) is 1. The van der Waals surface area contributed by atoms with Gasteiger partial charge in [-0.2, -0.15) is 5.10 Å². The molecule has 1 unspecified atom stereocenters. The van der Waals surface area contributed by atoms with Crippen LogP contribution in [-0.4, -0.2) is 81.5 Å². The molecule has 1 N–H and O–H groups in total. The summed E-state index contributed by atoms with van der Waals surface area (Å²) < 4.78 is 13.2. The molecule has 0 spiro atoms. The molecule has 2 aliphatic heterocycles. The Hall–Kier alpha value is -4.02. The van der Waals surface area contributed by atoms with E-state index in [1.54, 1.807) is 25.3 Å². The number of hydrogen-bond acceptors (Lipinski definition) is 6. The lowest BCUT2D eigenvalue weighted by molar-refractivity contribution is 0.0634. The van der Waals surface area contributed by atoms with Crippen LogP contribution >= 0.6 is 11.9 Å². The van der Waals surface area contributed by atoms with Gasteiger partial charge in [-0.3, -0.25) is 19.0 Å². The van der Waals surface area contributed by atoms with Crippen LogP contribution in [0.5, 0.6) is 5.75 Å². The zero-order chi connectivity index (χ0) is 35.9. The lowest BCUT2D eigenvalue weighted by Crippen LogP contribution is -2.47. The smallest absolute Gasteiger partial charge is 0.261 e. The minimum Gasteiger partial charge on any atom is -0.497 e. The average molecular weight is 721 g/mol. The van der Waals surface area contributed by atoms with E-state index in [1.165, 1.54) is 48.7 Å². The summed E-state index contributed by atoms with van der Waals surface area (Å²) in [5.41, 5.74) is 9.01. The maximum atomic E-state index is 14.4. The number of allylic oxidation sites excluding steroid dienone is 1. The molecule has 0 radical (unpaired) electrons. The molecular weight excluding hydrogens is 669 g/mol. The van der Waals surface area contributed by atoms with Crippen molar-refractivity contribution in [3.63, 3.8) is 0 Å². The molecule has 3 fully saturated rings. The fourth-order valence-electron chi connectivity index (χ4n) is 9.23. The van der Waals surface area contributed by atoms with Crippen molar-refractivity contribution in [1.29, 1.82) is 0 Å². The number of piperidine rings is 1. The Morgan fingerprint density at radius 2 is 1.73 bits per heavy atom. The van der Waals surface area contributed by atoms with E-state index in [4.69, 9.17) is 9.84 Å². The maximum Gasteiger partial charge on any atom is 0.261 e. The largest absolute Gasteiger partial charge is 0.497 e. The van der Waals surface area contributed by atoms with Gasteiger partial charge < -0.3 is 19.1 Å². The van der Waals surface area contributed by atoms with Crippen molar-refractivity contribution in [3.8, 4) is 17.0 Å². The highest BCUT2D eigenvalue weighted by molar-refractivity contribution is 7.98. The van der Waals surface area contributed by atoms with E-state index < -0.39 is 0 Å². The molecule has 2 saturated carbocycles. The third-order valence-electron chi connectivity index (χ3n) is 12.1. The predicted molar refractivity (Wildman–Crippen MR) is 211 cm³/mol. The first kappa shape index (κ1) is 35.0. The van der Waals surface area contributed by atoms with E-state index >= 15 is 0 Å². The molecule has 52 heavy (non-hydrogen) atoms. The summed E-state index contributed by atoms with van der Waals surface area (Å²) >= 11 is 1.59. The number of amides is 2. The Balaban J connectivity index is 1.27. The van der Waals surface area contributed by atoms with Crippen LogP contribution in [0.3, 0.4) is 0 Å². The number of nitrogens with zero attached hydrogens (tertiary/aromatic N) is 5. The van der Waals surface area contributed by atoms with E-state index in [0.29, 0.717) is 41.4 Å². The summed E-state index contributed by atoms with van der Waals surface area (Å²) in [5.74, 6) is 1.21. The molecule has 8 rings (SSSR count). The van der Waals surface area contributed by atoms with Crippen molar-refractivity contribution >= 4 is 46.3 Å². The summed E-state index contributed by atoms with van der Waals surface area (Å²) in [6.45, 7) is 2.00. The molecule has 4 aliphatic rings. The molecule has 2 aliphatic carbocycles. The van der Waals surface area contributed by atoms with Crippen molar-refractivity contribution < 1.29 is 14.3 Å². The minimum absolute atomic E-state index is 0.0323. The number of rotatable bonds is 8. The van der Waals surface area contributed by atoms with E-state index in [2.05, 4.69) is 64.7 Å². The molecule has 4 heterocycles. The van der Waals surface area contributed by atoms with Gasteiger partial charge in [0.25, 0.3) is 11.8 Å². The summed E-state index contributed by atoms with van der Waals surface area (Å²) in [7, 11) is 7.85. The lowest BCUT2D eigenvalue weighted by Gasteiger charge is -2.36. The molecule has 1 atom stereocenters. The van der Waals surface area contributed by atoms with Crippen LogP contribution in [0.25, 0.3) is 33.8 Å². The highest BCUT2D eigenvalue weighted by Gasteiger charge is 2.33. The third-order valence-corrected chi connectivity index (χ3v) is 13.2. The number of nitrogens with one attached hydrogen (secondary N) is 1. The first-order valence-electron chi connectivity index (χ1n) is 19.3. The molecule has 4 aromatic rings. The van der Waals surface area contributed by atoms with E-state index in [-0.39, 0.29) is 11.8 Å². The zero-order valence-corrected chi connectivity index (χ0v) is 31.9. The number of fused-ring (bicyclic) bond motifs is 5. The van der Waals surface area contributed by atoms with Crippen molar-refractivity contribution in [2.45, 2.75) is 94.4 Å². The number of methoxy groups -OCH3 is 1. The van der Waals surface area contributed by atoms with Gasteiger partial charge in [0.1, 0.15) is 5.75 Å². The topological polar surface area (TPSA) is 84.6 Å². The van der Waals surface area contributed by atoms with Crippen LogP contribution in [-0.2, 0) is 13.6 Å². The number of aryl methyl sites for hydroxylation is 1. The monoisotopic (exact) mass is 720 g/mol.